The second-order valence-electron chi connectivity index (χ2n) is 6.82. The van der Waals surface area contributed by atoms with Crippen LogP contribution in [0.15, 0.2) is 30.5 Å². The van der Waals surface area contributed by atoms with Gasteiger partial charge in [0.15, 0.2) is 0 Å². The molecule has 1 aliphatic heterocycles. The van der Waals surface area contributed by atoms with Crippen LogP contribution >= 0.6 is 0 Å². The summed E-state index contributed by atoms with van der Waals surface area (Å²) in [7, 11) is 1.91. The van der Waals surface area contributed by atoms with Crippen LogP contribution in [0.1, 0.15) is 21.9 Å². The van der Waals surface area contributed by atoms with Crippen molar-refractivity contribution >= 4 is 16.9 Å². The number of aromatic amines is 1. The molecule has 1 amide bonds. The van der Waals surface area contributed by atoms with Gasteiger partial charge in [0.2, 0.25) is 0 Å². The average molecular weight is 339 g/mol. The zero-order valence-corrected chi connectivity index (χ0v) is 14.3. The molecule has 4 heterocycles. The highest BCUT2D eigenvalue weighted by atomic mass is 16.3. The quantitative estimate of drug-likeness (QED) is 0.752. The summed E-state index contributed by atoms with van der Waals surface area (Å²) in [5.74, 6) is -0.145. The molecule has 4 rings (SSSR count). The standard InChI is InChI=1S/C18H21N5O2/c1-11-7-14(21-20-11)8-13-9-23(10-16(13)24)18(25)15-4-3-12-5-6-22(2)17(12)19-15/h3-7,13,16,24H,8-10H2,1-2H3,(H,20,21)/t13-,16+/m1/s1. The monoisotopic (exact) mass is 339 g/mol. The molecule has 130 valence electrons. The fourth-order valence-electron chi connectivity index (χ4n) is 3.48. The Hall–Kier alpha value is -2.67. The topological polar surface area (TPSA) is 87.0 Å². The molecule has 0 aromatic carbocycles. The normalized spacial score (nSPS) is 20.5. The van der Waals surface area contributed by atoms with E-state index in [1.807, 2.05) is 42.9 Å². The number of amides is 1. The number of β-amino-alcohol motifs (C(OH)–C–C–N with tert-alkyl or cyclic N) is 1. The summed E-state index contributed by atoms with van der Waals surface area (Å²) in [6.07, 6.45) is 2.03. The predicted octanol–water partition coefficient (Wildman–Crippen LogP) is 1.28. The van der Waals surface area contributed by atoms with E-state index in [2.05, 4.69) is 15.2 Å². The number of carbonyl (C=O) groups excluding carboxylic acids is 1. The van der Waals surface area contributed by atoms with E-state index in [0.29, 0.717) is 25.2 Å². The molecular weight excluding hydrogens is 318 g/mol. The predicted molar refractivity (Wildman–Crippen MR) is 93.1 cm³/mol. The molecule has 0 bridgehead atoms. The molecule has 0 radical (unpaired) electrons. The maximum absolute atomic E-state index is 12.8. The van der Waals surface area contributed by atoms with Gasteiger partial charge in [-0.25, -0.2) is 4.98 Å². The molecule has 0 spiro atoms. The molecule has 3 aromatic rings. The second-order valence-corrected chi connectivity index (χ2v) is 6.82. The molecule has 1 saturated heterocycles. The van der Waals surface area contributed by atoms with Crippen LogP contribution in [0.5, 0.6) is 0 Å². The third-order valence-corrected chi connectivity index (χ3v) is 4.86. The van der Waals surface area contributed by atoms with E-state index in [-0.39, 0.29) is 11.8 Å². The highest BCUT2D eigenvalue weighted by molar-refractivity contribution is 5.94. The van der Waals surface area contributed by atoms with E-state index in [1.54, 1.807) is 11.0 Å². The Labute approximate surface area is 145 Å². The van der Waals surface area contributed by atoms with E-state index in [1.165, 1.54) is 0 Å². The van der Waals surface area contributed by atoms with Crippen molar-refractivity contribution in [2.45, 2.75) is 19.4 Å². The van der Waals surface area contributed by atoms with E-state index >= 15 is 0 Å². The highest BCUT2D eigenvalue weighted by Crippen LogP contribution is 2.23. The lowest BCUT2D eigenvalue weighted by atomic mass is 10.0. The SMILES string of the molecule is Cc1cc(C[C@@H]2CN(C(=O)c3ccc4ccn(C)c4n3)C[C@@H]2O)n[nH]1. The lowest BCUT2D eigenvalue weighted by Crippen LogP contribution is -2.30. The van der Waals surface area contributed by atoms with Gasteiger partial charge in [0.05, 0.1) is 11.8 Å². The number of nitrogens with zero attached hydrogens (tertiary/aromatic N) is 4. The first-order valence-corrected chi connectivity index (χ1v) is 8.41. The molecule has 2 N–H and O–H groups in total. The van der Waals surface area contributed by atoms with Crippen LogP contribution in [0.25, 0.3) is 11.0 Å². The Morgan fingerprint density at radius 2 is 2.20 bits per heavy atom. The minimum Gasteiger partial charge on any atom is -0.391 e. The van der Waals surface area contributed by atoms with Crippen LogP contribution < -0.4 is 0 Å². The van der Waals surface area contributed by atoms with Crippen LogP contribution in [-0.2, 0) is 13.5 Å². The van der Waals surface area contributed by atoms with E-state index in [0.717, 1.165) is 22.4 Å². The summed E-state index contributed by atoms with van der Waals surface area (Å²) < 4.78 is 1.90. The third kappa shape index (κ3) is 2.91. The lowest BCUT2D eigenvalue weighted by Gasteiger charge is -2.15. The van der Waals surface area contributed by atoms with Gasteiger partial charge in [-0.05, 0) is 37.6 Å². The van der Waals surface area contributed by atoms with Crippen LogP contribution in [0.4, 0.5) is 0 Å². The number of nitrogens with one attached hydrogen (secondary N) is 1. The zero-order valence-electron chi connectivity index (χ0n) is 14.3. The molecule has 1 aliphatic rings. The Morgan fingerprint density at radius 3 is 2.96 bits per heavy atom. The van der Waals surface area contributed by atoms with E-state index in [4.69, 9.17) is 0 Å². The number of aliphatic hydroxyl groups is 1. The third-order valence-electron chi connectivity index (χ3n) is 4.86. The maximum atomic E-state index is 12.8. The van der Waals surface area contributed by atoms with Crippen LogP contribution in [0.2, 0.25) is 0 Å². The van der Waals surface area contributed by atoms with Gasteiger partial charge in [0.25, 0.3) is 5.91 Å². The number of aromatic nitrogens is 4. The number of pyridine rings is 1. The Balaban J connectivity index is 1.51. The van der Waals surface area contributed by atoms with Gasteiger partial charge >= 0.3 is 0 Å². The van der Waals surface area contributed by atoms with Crippen molar-refractivity contribution in [2.24, 2.45) is 13.0 Å². The molecule has 7 nitrogen and oxygen atoms in total. The van der Waals surface area contributed by atoms with Crippen LogP contribution in [0.3, 0.4) is 0 Å². The first-order valence-electron chi connectivity index (χ1n) is 8.41. The first-order chi connectivity index (χ1) is 12.0. The number of fused-ring (bicyclic) bond motifs is 1. The van der Waals surface area contributed by atoms with Gasteiger partial charge < -0.3 is 14.6 Å². The molecular formula is C18H21N5O2. The minimum atomic E-state index is -0.542. The highest BCUT2D eigenvalue weighted by Gasteiger charge is 2.35. The van der Waals surface area contributed by atoms with Crippen LogP contribution in [-0.4, -0.2) is 54.9 Å². The van der Waals surface area contributed by atoms with Crippen molar-refractivity contribution in [2.75, 3.05) is 13.1 Å². The number of H-pyrrole nitrogens is 1. The maximum Gasteiger partial charge on any atom is 0.272 e. The van der Waals surface area contributed by atoms with Gasteiger partial charge in [-0.3, -0.25) is 9.89 Å². The zero-order chi connectivity index (χ0) is 17.6. The fraction of sp³-hybridized carbons (Fsp3) is 0.389. The average Bonchev–Trinajstić information content (AvgIpc) is 3.28. The van der Waals surface area contributed by atoms with Crippen LogP contribution in [0, 0.1) is 12.8 Å². The Bertz CT molecular complexity index is 929. The fourth-order valence-corrected chi connectivity index (χ4v) is 3.48. The summed E-state index contributed by atoms with van der Waals surface area (Å²) in [6, 6.07) is 7.60. The molecule has 0 aliphatic carbocycles. The summed E-state index contributed by atoms with van der Waals surface area (Å²) in [4.78, 5) is 19.0. The molecule has 0 unspecified atom stereocenters. The molecule has 7 heteroatoms. The minimum absolute atomic E-state index is 0.00887. The lowest BCUT2D eigenvalue weighted by molar-refractivity contribution is 0.0759. The Morgan fingerprint density at radius 1 is 1.36 bits per heavy atom. The molecule has 25 heavy (non-hydrogen) atoms. The first kappa shape index (κ1) is 15.8. The van der Waals surface area contributed by atoms with Crippen molar-refractivity contribution < 1.29 is 9.90 Å². The largest absolute Gasteiger partial charge is 0.391 e. The number of aliphatic hydroxyl groups excluding tert-OH is 1. The number of hydrogen-bond donors (Lipinski definition) is 2. The summed E-state index contributed by atoms with van der Waals surface area (Å²) in [5.41, 5.74) is 3.11. The van der Waals surface area contributed by atoms with Gasteiger partial charge in [0, 0.05) is 43.3 Å². The van der Waals surface area contributed by atoms with Gasteiger partial charge in [-0.1, -0.05) is 0 Å². The van der Waals surface area contributed by atoms with Crippen molar-refractivity contribution in [1.82, 2.24) is 24.6 Å². The number of carbonyl (C=O) groups is 1. The number of aryl methyl sites for hydroxylation is 2. The van der Waals surface area contributed by atoms with Crippen molar-refractivity contribution in [3.63, 3.8) is 0 Å². The van der Waals surface area contributed by atoms with Crippen molar-refractivity contribution in [3.05, 3.63) is 47.5 Å². The van der Waals surface area contributed by atoms with E-state index < -0.39 is 6.10 Å². The van der Waals surface area contributed by atoms with Crippen molar-refractivity contribution in [1.29, 1.82) is 0 Å². The molecule has 2 atom stereocenters. The van der Waals surface area contributed by atoms with Gasteiger partial charge in [-0.15, -0.1) is 0 Å². The Kier molecular flexibility index (Phi) is 3.80. The number of rotatable bonds is 3. The molecule has 3 aromatic heterocycles. The second kappa shape index (κ2) is 6.00. The summed E-state index contributed by atoms with van der Waals surface area (Å²) >= 11 is 0. The van der Waals surface area contributed by atoms with Gasteiger partial charge in [-0.2, -0.15) is 5.10 Å². The number of hydrogen-bond acceptors (Lipinski definition) is 4. The van der Waals surface area contributed by atoms with E-state index in [9.17, 15) is 9.90 Å². The molecule has 1 fully saturated rings. The van der Waals surface area contributed by atoms with Gasteiger partial charge in [0.1, 0.15) is 11.3 Å². The van der Waals surface area contributed by atoms with Crippen molar-refractivity contribution in [3.8, 4) is 0 Å². The number of likely N-dealkylation sites (tertiary alicyclic amines) is 1. The summed E-state index contributed by atoms with van der Waals surface area (Å²) in [5, 5.41) is 18.5. The smallest absolute Gasteiger partial charge is 0.272 e. The molecule has 0 saturated carbocycles. The summed E-state index contributed by atoms with van der Waals surface area (Å²) in [6.45, 7) is 2.79.